The molecule has 0 aromatic rings. The molecule has 2 atom stereocenters. The van der Waals surface area contributed by atoms with Crippen LogP contribution in [0.3, 0.4) is 0 Å². The summed E-state index contributed by atoms with van der Waals surface area (Å²) in [5.74, 6) is -2.01. The monoisotopic (exact) mass is 218 g/mol. The van der Waals surface area contributed by atoms with Crippen LogP contribution in [-0.4, -0.2) is 37.3 Å². The quantitative estimate of drug-likeness (QED) is 0.690. The van der Waals surface area contributed by atoms with Gasteiger partial charge in [-0.2, -0.15) is 13.2 Å². The maximum Gasteiger partial charge on any atom is 0.414 e. The maximum atomic E-state index is 11.9. The molecule has 0 bridgehead atoms. The van der Waals surface area contributed by atoms with Crippen molar-refractivity contribution in [2.24, 2.45) is 5.92 Å². The molecule has 78 valence electrons. The zero-order valence-corrected chi connectivity index (χ0v) is 7.40. The summed E-state index contributed by atoms with van der Waals surface area (Å²) >= 11 is 0. The van der Waals surface area contributed by atoms with E-state index >= 15 is 0 Å². The van der Waals surface area contributed by atoms with E-state index in [4.69, 9.17) is 5.11 Å². The van der Waals surface area contributed by atoms with E-state index in [1.54, 1.807) is 0 Å². The van der Waals surface area contributed by atoms with Crippen molar-refractivity contribution in [1.29, 1.82) is 0 Å². The van der Waals surface area contributed by atoms with Crippen molar-refractivity contribution in [3.8, 4) is 0 Å². The predicted molar refractivity (Wildman–Crippen MR) is 38.8 cm³/mol. The van der Waals surface area contributed by atoms with Crippen molar-refractivity contribution < 1.29 is 26.7 Å². The lowest BCUT2D eigenvalue weighted by molar-refractivity contribution is -0.216. The van der Waals surface area contributed by atoms with Gasteiger partial charge in [0.1, 0.15) is 0 Å². The second-order valence-corrected chi connectivity index (χ2v) is 5.38. The van der Waals surface area contributed by atoms with Crippen LogP contribution < -0.4 is 0 Å². The third-order valence-corrected chi connectivity index (χ3v) is 3.84. The number of hydrogen-bond acceptors (Lipinski definition) is 3. The van der Waals surface area contributed by atoms with E-state index in [-0.39, 0.29) is 12.2 Å². The molecule has 1 aliphatic heterocycles. The molecule has 1 saturated heterocycles. The minimum absolute atomic E-state index is 0.108. The number of halogens is 3. The molecule has 0 saturated carbocycles. The Kier molecular flexibility index (Phi) is 2.59. The minimum Gasteiger partial charge on any atom is -0.383 e. The van der Waals surface area contributed by atoms with Gasteiger partial charge >= 0.3 is 6.18 Å². The first kappa shape index (κ1) is 10.8. The summed E-state index contributed by atoms with van der Waals surface area (Å²) in [7, 11) is -3.36. The van der Waals surface area contributed by atoms with Crippen molar-refractivity contribution in [3.63, 3.8) is 0 Å². The smallest absolute Gasteiger partial charge is 0.383 e. The Labute approximate surface area is 73.5 Å². The summed E-state index contributed by atoms with van der Waals surface area (Å²) in [6.07, 6.45) is -7.34. The molecule has 1 aliphatic rings. The molecule has 13 heavy (non-hydrogen) atoms. The predicted octanol–water partition coefficient (Wildman–Crippen LogP) is 0.344. The third kappa shape index (κ3) is 2.57. The van der Waals surface area contributed by atoms with E-state index in [0.29, 0.717) is 0 Å². The first-order valence-corrected chi connectivity index (χ1v) is 5.50. The SMILES string of the molecule is O=S1(=O)CCC([C@H](O)C(F)(F)F)C1. The Balaban J connectivity index is 2.67. The first-order valence-electron chi connectivity index (χ1n) is 3.67. The second-order valence-electron chi connectivity index (χ2n) is 3.15. The molecular weight excluding hydrogens is 209 g/mol. The standard InChI is InChI=1S/C6H9F3O3S/c7-6(8,9)5(10)4-1-2-13(11,12)3-4/h4-5,10H,1-3H2/t4?,5-/m0/s1. The van der Waals surface area contributed by atoms with Gasteiger partial charge in [0.2, 0.25) is 0 Å². The molecule has 0 radical (unpaired) electrons. The highest BCUT2D eigenvalue weighted by atomic mass is 32.2. The van der Waals surface area contributed by atoms with Gasteiger partial charge in [0, 0.05) is 5.92 Å². The average molecular weight is 218 g/mol. The van der Waals surface area contributed by atoms with Gasteiger partial charge in [-0.3, -0.25) is 0 Å². The summed E-state index contributed by atoms with van der Waals surface area (Å²) in [5.41, 5.74) is 0. The highest BCUT2D eigenvalue weighted by Crippen LogP contribution is 2.31. The average Bonchev–Trinajstić information content (AvgIpc) is 2.26. The van der Waals surface area contributed by atoms with Crippen molar-refractivity contribution in [1.82, 2.24) is 0 Å². The van der Waals surface area contributed by atoms with Crippen LogP contribution in [0.5, 0.6) is 0 Å². The summed E-state index contributed by atoms with van der Waals surface area (Å²) < 4.78 is 57.3. The summed E-state index contributed by atoms with van der Waals surface area (Å²) in [6, 6.07) is 0. The minimum atomic E-state index is -4.72. The molecule has 1 fully saturated rings. The lowest BCUT2D eigenvalue weighted by Crippen LogP contribution is -2.36. The van der Waals surface area contributed by atoms with Gasteiger partial charge in [-0.25, -0.2) is 8.42 Å². The van der Waals surface area contributed by atoms with Gasteiger partial charge in [-0.15, -0.1) is 0 Å². The Bertz CT molecular complexity index is 282. The Morgan fingerprint density at radius 1 is 1.38 bits per heavy atom. The Morgan fingerprint density at radius 3 is 2.23 bits per heavy atom. The highest BCUT2D eigenvalue weighted by molar-refractivity contribution is 7.91. The van der Waals surface area contributed by atoms with Gasteiger partial charge in [-0.1, -0.05) is 0 Å². The van der Waals surface area contributed by atoms with E-state index in [1.807, 2.05) is 0 Å². The molecule has 0 amide bonds. The van der Waals surface area contributed by atoms with Crippen LogP contribution in [0.1, 0.15) is 6.42 Å². The van der Waals surface area contributed by atoms with E-state index in [9.17, 15) is 21.6 Å². The number of aliphatic hydroxyl groups excluding tert-OH is 1. The number of sulfone groups is 1. The van der Waals surface area contributed by atoms with Crippen molar-refractivity contribution >= 4 is 9.84 Å². The fraction of sp³-hybridized carbons (Fsp3) is 1.00. The molecule has 0 aromatic heterocycles. The molecule has 0 aromatic carbocycles. The van der Waals surface area contributed by atoms with Gasteiger partial charge in [0.15, 0.2) is 15.9 Å². The Morgan fingerprint density at radius 2 is 1.92 bits per heavy atom. The van der Waals surface area contributed by atoms with Crippen molar-refractivity contribution in [2.75, 3.05) is 11.5 Å². The van der Waals surface area contributed by atoms with Crippen LogP contribution in [0.2, 0.25) is 0 Å². The van der Waals surface area contributed by atoms with Crippen LogP contribution in [-0.2, 0) is 9.84 Å². The summed E-state index contributed by atoms with van der Waals surface area (Å²) in [5, 5.41) is 8.73. The first-order chi connectivity index (χ1) is 5.72. The van der Waals surface area contributed by atoms with Gasteiger partial charge < -0.3 is 5.11 Å². The van der Waals surface area contributed by atoms with Crippen LogP contribution in [0.4, 0.5) is 13.2 Å². The van der Waals surface area contributed by atoms with Crippen LogP contribution >= 0.6 is 0 Å². The molecule has 1 unspecified atom stereocenters. The zero-order valence-electron chi connectivity index (χ0n) is 6.58. The van der Waals surface area contributed by atoms with Crippen molar-refractivity contribution in [3.05, 3.63) is 0 Å². The lowest BCUT2D eigenvalue weighted by Gasteiger charge is -2.19. The van der Waals surface area contributed by atoms with Crippen molar-refractivity contribution in [2.45, 2.75) is 18.7 Å². The molecule has 1 heterocycles. The lowest BCUT2D eigenvalue weighted by atomic mass is 10.0. The third-order valence-electron chi connectivity index (χ3n) is 2.05. The van der Waals surface area contributed by atoms with Crippen LogP contribution in [0.15, 0.2) is 0 Å². The molecular formula is C6H9F3O3S. The molecule has 1 rings (SSSR count). The number of alkyl halides is 3. The molecule has 1 N–H and O–H groups in total. The second kappa shape index (κ2) is 3.13. The van der Waals surface area contributed by atoms with Crippen LogP contribution in [0.25, 0.3) is 0 Å². The molecule has 0 spiro atoms. The maximum absolute atomic E-state index is 11.9. The molecule has 0 aliphatic carbocycles. The van der Waals surface area contributed by atoms with Gasteiger partial charge in [-0.05, 0) is 6.42 Å². The normalized spacial score (nSPS) is 30.3. The summed E-state index contributed by atoms with van der Waals surface area (Å²) in [6.45, 7) is 0. The highest BCUT2D eigenvalue weighted by Gasteiger charge is 2.47. The van der Waals surface area contributed by atoms with E-state index in [1.165, 1.54) is 0 Å². The topological polar surface area (TPSA) is 54.4 Å². The van der Waals surface area contributed by atoms with Gasteiger partial charge in [0.05, 0.1) is 11.5 Å². The van der Waals surface area contributed by atoms with E-state index < -0.39 is 33.8 Å². The fourth-order valence-corrected chi connectivity index (χ4v) is 3.17. The largest absolute Gasteiger partial charge is 0.414 e. The summed E-state index contributed by atoms with van der Waals surface area (Å²) in [4.78, 5) is 0. The fourth-order valence-electron chi connectivity index (χ4n) is 1.34. The molecule has 3 nitrogen and oxygen atoms in total. The molecule has 7 heteroatoms. The van der Waals surface area contributed by atoms with E-state index in [0.717, 1.165) is 0 Å². The number of rotatable bonds is 1. The number of aliphatic hydroxyl groups is 1. The van der Waals surface area contributed by atoms with E-state index in [2.05, 4.69) is 0 Å². The zero-order chi connectivity index (χ0) is 10.3. The Hall–Kier alpha value is -0.300. The van der Waals surface area contributed by atoms with Gasteiger partial charge in [0.25, 0.3) is 0 Å². The number of hydrogen-bond donors (Lipinski definition) is 1. The van der Waals surface area contributed by atoms with Crippen LogP contribution in [0, 0.1) is 5.92 Å².